The van der Waals surface area contributed by atoms with Crippen molar-refractivity contribution in [3.63, 3.8) is 0 Å². The third-order valence-corrected chi connectivity index (χ3v) is 5.13. The van der Waals surface area contributed by atoms with Gasteiger partial charge in [0.25, 0.3) is 5.91 Å². The molecule has 0 aliphatic carbocycles. The van der Waals surface area contributed by atoms with Crippen LogP contribution in [-0.2, 0) is 4.74 Å². The molecule has 8 nitrogen and oxygen atoms in total. The molecule has 1 aromatic heterocycles. The Balaban J connectivity index is 0.000000200. The Morgan fingerprint density at radius 3 is 2.39 bits per heavy atom. The first-order valence-corrected chi connectivity index (χ1v) is 11.1. The van der Waals surface area contributed by atoms with Crippen LogP contribution in [0.3, 0.4) is 0 Å². The van der Waals surface area contributed by atoms with E-state index in [-0.39, 0.29) is 5.91 Å². The third-order valence-electron chi connectivity index (χ3n) is 4.37. The molecule has 2 heterocycles. The number of carbonyl (C=O) groups excluding carboxylic acids is 1. The number of nitrogens with one attached hydrogen (secondary N) is 2. The molecule has 178 valence electrons. The Bertz CT molecular complexity index is 1040. The number of carbonyl (C=O) groups is 1. The Kier molecular flexibility index (Phi) is 11.1. The fraction of sp³-hybridized carbons (Fsp3) is 0.348. The molecule has 0 spiro atoms. The number of ether oxygens (including phenoxy) is 1. The van der Waals surface area contributed by atoms with Crippen molar-refractivity contribution in [3.05, 3.63) is 74.7 Å². The molecular weight excluding hydrogens is 467 g/mol. The van der Waals surface area contributed by atoms with Crippen molar-refractivity contribution in [1.29, 1.82) is 0 Å². The highest BCUT2D eigenvalue weighted by Gasteiger charge is 2.10. The van der Waals surface area contributed by atoms with E-state index in [0.29, 0.717) is 32.9 Å². The summed E-state index contributed by atoms with van der Waals surface area (Å²) in [5.74, 6) is 0.267. The zero-order valence-corrected chi connectivity index (χ0v) is 20.3. The van der Waals surface area contributed by atoms with Crippen LogP contribution in [0.1, 0.15) is 17.3 Å². The van der Waals surface area contributed by atoms with Gasteiger partial charge in [0.1, 0.15) is 0 Å². The van der Waals surface area contributed by atoms with Gasteiger partial charge in [-0.2, -0.15) is 0 Å². The minimum Gasteiger partial charge on any atom is -0.380 e. The zero-order valence-electron chi connectivity index (χ0n) is 18.8. The molecule has 0 saturated carbocycles. The maximum atomic E-state index is 11.7. The smallest absolute Gasteiger partial charge is 0.380 e. The highest BCUT2D eigenvalue weighted by atomic mass is 35.5. The van der Waals surface area contributed by atoms with E-state index in [9.17, 15) is 9.59 Å². The van der Waals surface area contributed by atoms with Crippen molar-refractivity contribution in [3.8, 4) is 11.4 Å². The van der Waals surface area contributed by atoms with Crippen molar-refractivity contribution in [2.75, 3.05) is 40.4 Å². The molecule has 1 aliphatic rings. The molecule has 4 rings (SSSR count). The second kappa shape index (κ2) is 13.8. The van der Waals surface area contributed by atoms with Gasteiger partial charge >= 0.3 is 5.76 Å². The number of H-pyrrole nitrogens is 1. The Hall–Kier alpha value is -2.65. The number of hydrogen-bond donors (Lipinski definition) is 2. The summed E-state index contributed by atoms with van der Waals surface area (Å²) in [6, 6.07) is 14.0. The number of rotatable bonds is 2. The standard InChI is InChI=1S/C11H11N3O3.C6H4Cl2.C6H13NO/c1-14(2)10(15)8-5-3-4-7(6-8)9-12-11(16)17-13-9;7-5-3-1-2-4-6(5)8;1-6-4-7-2-3-8-5-6/h3-6H,1-2H3,(H,12,13,16);1-4H;6-7H,2-5H2,1H3. The summed E-state index contributed by atoms with van der Waals surface area (Å²) in [5, 5.41) is 8.05. The minimum absolute atomic E-state index is 0.113. The van der Waals surface area contributed by atoms with Crippen LogP contribution in [0.5, 0.6) is 0 Å². The van der Waals surface area contributed by atoms with E-state index in [4.69, 9.17) is 27.9 Å². The average Bonchev–Trinajstić information content (AvgIpc) is 3.10. The second-order valence-electron chi connectivity index (χ2n) is 7.52. The largest absolute Gasteiger partial charge is 0.439 e. The summed E-state index contributed by atoms with van der Waals surface area (Å²) < 4.78 is 9.65. The molecule has 0 radical (unpaired) electrons. The zero-order chi connectivity index (χ0) is 24.2. The number of aromatic nitrogens is 2. The van der Waals surface area contributed by atoms with Crippen LogP contribution in [0, 0.1) is 5.92 Å². The molecule has 1 saturated heterocycles. The van der Waals surface area contributed by atoms with Gasteiger partial charge in [-0.25, -0.2) is 4.79 Å². The molecule has 0 bridgehead atoms. The van der Waals surface area contributed by atoms with Crippen molar-refractivity contribution in [1.82, 2.24) is 20.4 Å². The molecule has 10 heteroatoms. The van der Waals surface area contributed by atoms with Crippen LogP contribution in [0.15, 0.2) is 57.8 Å². The summed E-state index contributed by atoms with van der Waals surface area (Å²) in [7, 11) is 3.35. The van der Waals surface area contributed by atoms with Crippen LogP contribution in [0.4, 0.5) is 0 Å². The van der Waals surface area contributed by atoms with Gasteiger partial charge in [0, 0.05) is 31.8 Å². The van der Waals surface area contributed by atoms with E-state index < -0.39 is 5.76 Å². The van der Waals surface area contributed by atoms with Gasteiger partial charge in [-0.05, 0) is 36.7 Å². The van der Waals surface area contributed by atoms with Crippen molar-refractivity contribution in [2.24, 2.45) is 5.92 Å². The minimum atomic E-state index is -0.621. The molecule has 1 fully saturated rings. The van der Waals surface area contributed by atoms with Crippen LogP contribution in [0.2, 0.25) is 10.0 Å². The van der Waals surface area contributed by atoms with E-state index in [1.165, 1.54) is 4.90 Å². The van der Waals surface area contributed by atoms with Gasteiger partial charge in [0.05, 0.1) is 23.3 Å². The lowest BCUT2D eigenvalue weighted by Gasteiger charge is -2.10. The molecule has 1 aliphatic heterocycles. The fourth-order valence-corrected chi connectivity index (χ4v) is 2.96. The molecule has 3 aromatic rings. The maximum Gasteiger partial charge on any atom is 0.439 e. The molecule has 1 unspecified atom stereocenters. The lowest BCUT2D eigenvalue weighted by Crippen LogP contribution is -2.21. The normalized spacial score (nSPS) is 15.2. The first-order chi connectivity index (χ1) is 15.8. The number of amides is 1. The van der Waals surface area contributed by atoms with E-state index in [2.05, 4.69) is 26.9 Å². The highest BCUT2D eigenvalue weighted by molar-refractivity contribution is 6.41. The number of aromatic amines is 1. The van der Waals surface area contributed by atoms with Crippen LogP contribution in [-0.4, -0.2) is 61.3 Å². The number of hydrogen-bond acceptors (Lipinski definition) is 6. The Morgan fingerprint density at radius 1 is 1.12 bits per heavy atom. The molecule has 2 aromatic carbocycles. The topological polar surface area (TPSA) is 100 Å². The van der Waals surface area contributed by atoms with E-state index in [0.717, 1.165) is 26.3 Å². The molecule has 33 heavy (non-hydrogen) atoms. The van der Waals surface area contributed by atoms with E-state index in [1.807, 2.05) is 12.1 Å². The van der Waals surface area contributed by atoms with Crippen molar-refractivity contribution in [2.45, 2.75) is 6.92 Å². The Labute approximate surface area is 202 Å². The monoisotopic (exact) mass is 494 g/mol. The molecule has 1 amide bonds. The van der Waals surface area contributed by atoms with Gasteiger partial charge in [-0.3, -0.25) is 14.3 Å². The predicted molar refractivity (Wildman–Crippen MR) is 130 cm³/mol. The van der Waals surface area contributed by atoms with Gasteiger partial charge in [0.2, 0.25) is 0 Å². The lowest BCUT2D eigenvalue weighted by molar-refractivity contribution is 0.0827. The summed E-state index contributed by atoms with van der Waals surface area (Å²) in [4.78, 5) is 26.5. The SMILES string of the molecule is CC1CNCCOC1.CN(C)C(=O)c1cccc(-c2noc(=O)[nH]2)c1.Clc1ccccc1Cl. The quantitative estimate of drug-likeness (QED) is 0.558. The Morgan fingerprint density at radius 2 is 1.82 bits per heavy atom. The molecule has 2 N–H and O–H groups in total. The molecular formula is C23H28Cl2N4O4. The second-order valence-corrected chi connectivity index (χ2v) is 8.34. The fourth-order valence-electron chi connectivity index (χ4n) is 2.69. The van der Waals surface area contributed by atoms with Crippen LogP contribution in [0.25, 0.3) is 11.4 Å². The van der Waals surface area contributed by atoms with E-state index >= 15 is 0 Å². The van der Waals surface area contributed by atoms with Gasteiger partial charge in [-0.1, -0.05) is 59.5 Å². The predicted octanol–water partition coefficient (Wildman–Crippen LogP) is 3.97. The van der Waals surface area contributed by atoms with Crippen molar-refractivity contribution < 1.29 is 14.1 Å². The molecule has 1 atom stereocenters. The van der Waals surface area contributed by atoms with Crippen LogP contribution < -0.4 is 11.1 Å². The maximum absolute atomic E-state index is 11.7. The van der Waals surface area contributed by atoms with Gasteiger partial charge < -0.3 is 15.0 Å². The van der Waals surface area contributed by atoms with Gasteiger partial charge in [-0.15, -0.1) is 0 Å². The summed E-state index contributed by atoms with van der Waals surface area (Å²) in [6.07, 6.45) is 0. The summed E-state index contributed by atoms with van der Waals surface area (Å²) >= 11 is 11.2. The lowest BCUT2D eigenvalue weighted by atomic mass is 10.1. The number of halogens is 2. The van der Waals surface area contributed by atoms with Crippen LogP contribution >= 0.6 is 23.2 Å². The highest BCUT2D eigenvalue weighted by Crippen LogP contribution is 2.19. The average molecular weight is 495 g/mol. The first kappa shape index (κ1) is 26.6. The third kappa shape index (κ3) is 9.39. The summed E-state index contributed by atoms with van der Waals surface area (Å²) in [5.41, 5.74) is 1.15. The first-order valence-electron chi connectivity index (χ1n) is 10.3. The number of nitrogens with zero attached hydrogens (tertiary/aromatic N) is 2. The van der Waals surface area contributed by atoms with Gasteiger partial charge in [0.15, 0.2) is 5.82 Å². The number of benzene rings is 2. The summed E-state index contributed by atoms with van der Waals surface area (Å²) in [6.45, 7) is 6.12. The van der Waals surface area contributed by atoms with Crippen molar-refractivity contribution >= 4 is 29.1 Å². The van der Waals surface area contributed by atoms with E-state index in [1.54, 1.807) is 50.5 Å².